The van der Waals surface area contributed by atoms with Gasteiger partial charge in [-0.05, 0) is 58.6 Å². The molecule has 1 atom stereocenters. The molecule has 33 heavy (non-hydrogen) atoms. The minimum absolute atomic E-state index is 0.0858. The maximum Gasteiger partial charge on any atom is 0.295 e. The summed E-state index contributed by atoms with van der Waals surface area (Å²) in [6, 6.07) is 13.5. The maximum atomic E-state index is 13.1. The van der Waals surface area contributed by atoms with Gasteiger partial charge in [0.1, 0.15) is 5.76 Å². The number of benzene rings is 2. The predicted octanol–water partition coefficient (Wildman–Crippen LogP) is 3.86. The Morgan fingerprint density at radius 1 is 1.00 bits per heavy atom. The first-order valence-corrected chi connectivity index (χ1v) is 11.3. The number of carbonyl (C=O) groups excluding carboxylic acids is 2. The lowest BCUT2D eigenvalue weighted by Gasteiger charge is -2.26. The van der Waals surface area contributed by atoms with Gasteiger partial charge in [0.25, 0.3) is 11.7 Å². The molecule has 3 rings (SSSR count). The molecule has 0 radical (unpaired) electrons. The molecule has 0 spiro atoms. The van der Waals surface area contributed by atoms with Gasteiger partial charge in [-0.3, -0.25) is 9.59 Å². The molecule has 0 bridgehead atoms. The van der Waals surface area contributed by atoms with Crippen molar-refractivity contribution in [2.24, 2.45) is 0 Å². The van der Waals surface area contributed by atoms with Crippen LogP contribution in [0.2, 0.25) is 0 Å². The van der Waals surface area contributed by atoms with E-state index in [1.54, 1.807) is 41.3 Å². The van der Waals surface area contributed by atoms with Crippen LogP contribution in [0.15, 0.2) is 54.1 Å². The van der Waals surface area contributed by atoms with Crippen LogP contribution < -0.4 is 9.47 Å². The predicted molar refractivity (Wildman–Crippen MR) is 127 cm³/mol. The van der Waals surface area contributed by atoms with E-state index in [1.165, 1.54) is 0 Å². The highest BCUT2D eigenvalue weighted by Gasteiger charge is 2.46. The van der Waals surface area contributed by atoms with Crippen LogP contribution in [0.1, 0.15) is 37.4 Å². The van der Waals surface area contributed by atoms with Crippen LogP contribution in [-0.2, 0) is 9.59 Å². The third-order valence-corrected chi connectivity index (χ3v) is 5.47. The number of rotatable bonds is 10. The van der Waals surface area contributed by atoms with E-state index in [2.05, 4.69) is 0 Å². The number of ether oxygens (including phenoxy) is 2. The number of hydrogen-bond acceptors (Lipinski definition) is 6. The van der Waals surface area contributed by atoms with Crippen LogP contribution in [0.4, 0.5) is 0 Å². The van der Waals surface area contributed by atoms with Gasteiger partial charge in [-0.15, -0.1) is 0 Å². The summed E-state index contributed by atoms with van der Waals surface area (Å²) >= 11 is 0. The third kappa shape index (κ3) is 5.37. The molecule has 1 aliphatic rings. The number of Topliss-reactive ketones (excluding diaryl/α,β-unsaturated/α-hetero) is 1. The van der Waals surface area contributed by atoms with Crippen molar-refractivity contribution >= 4 is 17.4 Å². The number of ketones is 1. The highest BCUT2D eigenvalue weighted by Crippen LogP contribution is 2.42. The van der Waals surface area contributed by atoms with Crippen LogP contribution in [0.3, 0.4) is 0 Å². The molecule has 7 heteroatoms. The lowest BCUT2D eigenvalue weighted by Crippen LogP contribution is -2.32. The summed E-state index contributed by atoms with van der Waals surface area (Å²) in [5, 5.41) is 11.1. The zero-order chi connectivity index (χ0) is 24.0. The molecule has 2 aromatic rings. The average Bonchev–Trinajstić information content (AvgIpc) is 3.05. The van der Waals surface area contributed by atoms with Gasteiger partial charge in [0, 0.05) is 12.1 Å². The van der Waals surface area contributed by atoms with E-state index in [4.69, 9.17) is 9.47 Å². The van der Waals surface area contributed by atoms with Gasteiger partial charge in [-0.25, -0.2) is 0 Å². The van der Waals surface area contributed by atoms with Crippen molar-refractivity contribution in [1.29, 1.82) is 0 Å². The molecule has 1 amide bonds. The van der Waals surface area contributed by atoms with E-state index >= 15 is 0 Å². The Bertz CT molecular complexity index is 1020. The molecule has 1 saturated heterocycles. The Morgan fingerprint density at radius 3 is 2.30 bits per heavy atom. The fourth-order valence-electron chi connectivity index (χ4n) is 4.00. The first-order chi connectivity index (χ1) is 15.9. The Kier molecular flexibility index (Phi) is 8.11. The Labute approximate surface area is 195 Å². The molecule has 1 heterocycles. The normalized spacial score (nSPS) is 17.6. The van der Waals surface area contributed by atoms with E-state index < -0.39 is 17.7 Å². The number of nitrogens with zero attached hydrogens (tertiary/aromatic N) is 2. The van der Waals surface area contributed by atoms with Crippen molar-refractivity contribution in [2.75, 3.05) is 40.4 Å². The summed E-state index contributed by atoms with van der Waals surface area (Å²) < 4.78 is 11.4. The quantitative estimate of drug-likeness (QED) is 0.335. The molecule has 176 valence electrons. The molecular weight excluding hydrogens is 420 g/mol. The lowest BCUT2D eigenvalue weighted by atomic mass is 9.95. The minimum atomic E-state index is -0.720. The first-order valence-electron chi connectivity index (χ1n) is 11.3. The summed E-state index contributed by atoms with van der Waals surface area (Å²) in [4.78, 5) is 29.7. The van der Waals surface area contributed by atoms with Gasteiger partial charge in [0.2, 0.25) is 0 Å². The SMILES string of the molecule is CCOc1ccc([C@H]2/C(=C(\O)c3ccccc3)C(=O)C(=O)N2CCCN(C)C)cc1OCC. The molecule has 1 fully saturated rings. The van der Waals surface area contributed by atoms with Gasteiger partial charge < -0.3 is 24.4 Å². The van der Waals surface area contributed by atoms with E-state index in [9.17, 15) is 14.7 Å². The lowest BCUT2D eigenvalue weighted by molar-refractivity contribution is -0.139. The first kappa shape index (κ1) is 24.3. The molecule has 0 unspecified atom stereocenters. The van der Waals surface area contributed by atoms with Crippen molar-refractivity contribution < 1.29 is 24.2 Å². The summed E-state index contributed by atoms with van der Waals surface area (Å²) in [5.41, 5.74) is 1.26. The third-order valence-electron chi connectivity index (χ3n) is 5.47. The highest BCUT2D eigenvalue weighted by atomic mass is 16.5. The zero-order valence-corrected chi connectivity index (χ0v) is 19.7. The van der Waals surface area contributed by atoms with Crippen LogP contribution in [-0.4, -0.2) is 67.0 Å². The maximum absolute atomic E-state index is 13.1. The number of carbonyl (C=O) groups is 2. The minimum Gasteiger partial charge on any atom is -0.507 e. The smallest absolute Gasteiger partial charge is 0.295 e. The van der Waals surface area contributed by atoms with E-state index in [0.29, 0.717) is 48.8 Å². The largest absolute Gasteiger partial charge is 0.507 e. The Balaban J connectivity index is 2.12. The Hall–Kier alpha value is -3.32. The number of hydrogen-bond donors (Lipinski definition) is 1. The molecule has 1 aliphatic heterocycles. The topological polar surface area (TPSA) is 79.3 Å². The number of aliphatic hydroxyl groups is 1. The highest BCUT2D eigenvalue weighted by molar-refractivity contribution is 6.46. The van der Waals surface area contributed by atoms with Gasteiger partial charge in [-0.1, -0.05) is 36.4 Å². The van der Waals surface area contributed by atoms with Crippen LogP contribution >= 0.6 is 0 Å². The molecule has 0 aliphatic carbocycles. The molecular formula is C26H32N2O5. The van der Waals surface area contributed by atoms with Crippen LogP contribution in [0, 0.1) is 0 Å². The molecule has 2 aromatic carbocycles. The fraction of sp³-hybridized carbons (Fsp3) is 0.385. The zero-order valence-electron chi connectivity index (χ0n) is 19.7. The van der Waals surface area contributed by atoms with Gasteiger partial charge in [-0.2, -0.15) is 0 Å². The summed E-state index contributed by atoms with van der Waals surface area (Å²) in [7, 11) is 3.92. The number of amides is 1. The second-order valence-corrected chi connectivity index (χ2v) is 8.09. The van der Waals surface area contributed by atoms with Crippen LogP contribution in [0.5, 0.6) is 11.5 Å². The van der Waals surface area contributed by atoms with Crippen LogP contribution in [0.25, 0.3) is 5.76 Å². The summed E-state index contributed by atoms with van der Waals surface area (Å²) in [5.74, 6) is -0.340. The van der Waals surface area contributed by atoms with Crippen molar-refractivity contribution in [3.8, 4) is 11.5 Å². The fourth-order valence-corrected chi connectivity index (χ4v) is 4.00. The van der Waals surface area contributed by atoms with Gasteiger partial charge in [0.05, 0.1) is 24.8 Å². The molecule has 0 saturated carbocycles. The van der Waals surface area contributed by atoms with Crippen molar-refractivity contribution in [3.63, 3.8) is 0 Å². The van der Waals surface area contributed by atoms with Crippen molar-refractivity contribution in [1.82, 2.24) is 9.80 Å². The second kappa shape index (κ2) is 11.0. The van der Waals surface area contributed by atoms with E-state index in [1.807, 2.05) is 45.0 Å². The Morgan fingerprint density at radius 2 is 1.67 bits per heavy atom. The van der Waals surface area contributed by atoms with Crippen molar-refractivity contribution in [3.05, 3.63) is 65.2 Å². The number of aliphatic hydroxyl groups excluding tert-OH is 1. The van der Waals surface area contributed by atoms with E-state index in [-0.39, 0.29) is 11.3 Å². The standard InChI is InChI=1S/C26H32N2O5/c1-5-32-20-14-13-19(17-21(20)33-6-2)23-22(24(29)18-11-8-7-9-12-18)25(30)26(31)28(23)16-10-15-27(3)4/h7-9,11-14,17,23,29H,5-6,10,15-16H2,1-4H3/b24-22+/t23-/m0/s1. The molecule has 1 N–H and O–H groups in total. The molecule has 0 aromatic heterocycles. The summed E-state index contributed by atoms with van der Waals surface area (Å²) in [6.07, 6.45) is 0.692. The second-order valence-electron chi connectivity index (χ2n) is 8.09. The van der Waals surface area contributed by atoms with Gasteiger partial charge in [0.15, 0.2) is 11.5 Å². The van der Waals surface area contributed by atoms with Crippen molar-refractivity contribution in [2.45, 2.75) is 26.3 Å². The number of likely N-dealkylation sites (tertiary alicyclic amines) is 1. The average molecular weight is 453 g/mol. The van der Waals surface area contributed by atoms with E-state index in [0.717, 1.165) is 6.54 Å². The van der Waals surface area contributed by atoms with Gasteiger partial charge >= 0.3 is 0 Å². The molecule has 7 nitrogen and oxygen atoms in total. The summed E-state index contributed by atoms with van der Waals surface area (Å²) in [6.45, 7) is 5.85. The monoisotopic (exact) mass is 452 g/mol.